The van der Waals surface area contributed by atoms with Crippen molar-refractivity contribution in [3.63, 3.8) is 0 Å². The molecule has 8 heteroatoms. The van der Waals surface area contributed by atoms with Gasteiger partial charge in [-0.2, -0.15) is 0 Å². The number of hydrogen-bond acceptors (Lipinski definition) is 7. The number of aromatic nitrogens is 3. The van der Waals surface area contributed by atoms with Crippen LogP contribution in [0, 0.1) is 13.8 Å². The lowest BCUT2D eigenvalue weighted by Crippen LogP contribution is -2.06. The van der Waals surface area contributed by atoms with Gasteiger partial charge in [0.05, 0.1) is 5.75 Å². The molecule has 0 atom stereocenters. The Labute approximate surface area is 166 Å². The average Bonchev–Trinajstić information content (AvgIpc) is 3.41. The van der Waals surface area contributed by atoms with Crippen LogP contribution in [0.4, 0.5) is 0 Å². The zero-order chi connectivity index (χ0) is 19.7. The molecule has 2 aromatic heterocycles. The number of rotatable bonds is 7. The summed E-state index contributed by atoms with van der Waals surface area (Å²) in [4.78, 5) is 12.6. The normalized spacial score (nSPS) is 12.4. The molecule has 0 spiro atoms. The number of hydrogen-bond donors (Lipinski definition) is 0. The van der Waals surface area contributed by atoms with Gasteiger partial charge < -0.3 is 18.5 Å². The van der Waals surface area contributed by atoms with Crippen molar-refractivity contribution in [1.82, 2.24) is 14.8 Å². The minimum Gasteiger partial charge on any atom is -0.454 e. The molecule has 0 fully saturated rings. The highest BCUT2D eigenvalue weighted by Gasteiger charge is 2.19. The Morgan fingerprint density at radius 2 is 2.07 bits per heavy atom. The van der Waals surface area contributed by atoms with E-state index in [1.807, 2.05) is 32.1 Å². The third-order valence-corrected chi connectivity index (χ3v) is 5.36. The van der Waals surface area contributed by atoms with Gasteiger partial charge in [-0.1, -0.05) is 17.8 Å². The summed E-state index contributed by atoms with van der Waals surface area (Å²) in [5.41, 5.74) is 3.42. The van der Waals surface area contributed by atoms with E-state index in [2.05, 4.69) is 21.3 Å². The number of carbonyl (C=O) groups is 1. The molecule has 28 heavy (non-hydrogen) atoms. The Hall–Kier alpha value is -3.00. The third kappa shape index (κ3) is 3.43. The molecular weight excluding hydrogens is 378 g/mol. The maximum atomic E-state index is 12.6. The molecule has 1 aliphatic heterocycles. The Kier molecular flexibility index (Phi) is 4.95. The van der Waals surface area contributed by atoms with Crippen molar-refractivity contribution in [2.75, 3.05) is 12.5 Å². The second-order valence-electron chi connectivity index (χ2n) is 6.34. The van der Waals surface area contributed by atoms with E-state index < -0.39 is 0 Å². The highest BCUT2D eigenvalue weighted by molar-refractivity contribution is 7.99. The maximum absolute atomic E-state index is 12.6. The van der Waals surface area contributed by atoms with E-state index in [9.17, 15) is 4.79 Å². The first-order valence-electron chi connectivity index (χ1n) is 8.74. The van der Waals surface area contributed by atoms with Gasteiger partial charge in [-0.3, -0.25) is 4.79 Å². The van der Waals surface area contributed by atoms with Crippen LogP contribution in [0.5, 0.6) is 11.5 Å². The van der Waals surface area contributed by atoms with E-state index in [0.29, 0.717) is 34.7 Å². The van der Waals surface area contributed by atoms with Gasteiger partial charge in [0, 0.05) is 29.1 Å². The predicted molar refractivity (Wildman–Crippen MR) is 105 cm³/mol. The summed E-state index contributed by atoms with van der Waals surface area (Å²) in [6.07, 6.45) is 1.82. The molecule has 3 heterocycles. The average molecular weight is 397 g/mol. The molecule has 3 aromatic rings. The van der Waals surface area contributed by atoms with Crippen LogP contribution in [0.25, 0.3) is 11.5 Å². The van der Waals surface area contributed by atoms with Crippen molar-refractivity contribution in [3.05, 3.63) is 53.9 Å². The Bertz CT molecular complexity index is 1050. The molecule has 0 amide bonds. The minimum absolute atomic E-state index is 0.0243. The molecule has 0 N–H and O–H groups in total. The van der Waals surface area contributed by atoms with Gasteiger partial charge in [0.1, 0.15) is 0 Å². The van der Waals surface area contributed by atoms with Crippen molar-refractivity contribution in [2.45, 2.75) is 25.6 Å². The fourth-order valence-electron chi connectivity index (χ4n) is 3.11. The van der Waals surface area contributed by atoms with Crippen molar-refractivity contribution in [2.24, 2.45) is 0 Å². The zero-order valence-corrected chi connectivity index (χ0v) is 16.4. The first-order valence-corrected chi connectivity index (χ1v) is 9.72. The summed E-state index contributed by atoms with van der Waals surface area (Å²) in [5, 5.41) is 8.44. The van der Waals surface area contributed by atoms with Crippen LogP contribution in [0.2, 0.25) is 0 Å². The van der Waals surface area contributed by atoms with Crippen molar-refractivity contribution in [1.29, 1.82) is 0 Å². The minimum atomic E-state index is 0.0243. The molecule has 1 aromatic carbocycles. The number of Topliss-reactive ketones (excluding diaryl/α,β-unsaturated/α-hetero) is 1. The van der Waals surface area contributed by atoms with Gasteiger partial charge in [-0.05, 0) is 38.1 Å². The highest BCUT2D eigenvalue weighted by atomic mass is 32.2. The number of benzene rings is 1. The standard InChI is InChI=1S/C20H19N3O4S/c1-4-7-23-12(2)8-15(13(23)3)16(24)10-28-20-22-21-19(27-20)14-5-6-17-18(9-14)26-11-25-17/h4-6,8-9H,1,7,10-11H2,2-3H3. The van der Waals surface area contributed by atoms with Crippen molar-refractivity contribution < 1.29 is 18.7 Å². The molecule has 0 radical (unpaired) electrons. The Morgan fingerprint density at radius 3 is 2.89 bits per heavy atom. The van der Waals surface area contributed by atoms with E-state index >= 15 is 0 Å². The van der Waals surface area contributed by atoms with Gasteiger partial charge in [0.2, 0.25) is 12.7 Å². The smallest absolute Gasteiger partial charge is 0.277 e. The van der Waals surface area contributed by atoms with Crippen LogP contribution in [0.15, 0.2) is 46.6 Å². The summed E-state index contributed by atoms with van der Waals surface area (Å²) in [6.45, 7) is 8.58. The Morgan fingerprint density at radius 1 is 1.25 bits per heavy atom. The number of ketones is 1. The van der Waals surface area contributed by atoms with Crippen molar-refractivity contribution >= 4 is 17.5 Å². The van der Waals surface area contributed by atoms with E-state index in [1.165, 1.54) is 11.8 Å². The number of carbonyl (C=O) groups excluding carboxylic acids is 1. The largest absolute Gasteiger partial charge is 0.454 e. The first-order chi connectivity index (χ1) is 13.6. The molecule has 144 valence electrons. The Balaban J connectivity index is 1.44. The van der Waals surface area contributed by atoms with Crippen LogP contribution in [0.1, 0.15) is 21.7 Å². The van der Waals surface area contributed by atoms with Gasteiger partial charge in [0.15, 0.2) is 17.3 Å². The summed E-state index contributed by atoms with van der Waals surface area (Å²) >= 11 is 1.23. The first kappa shape index (κ1) is 18.4. The second kappa shape index (κ2) is 7.55. The molecule has 0 bridgehead atoms. The van der Waals surface area contributed by atoms with Crippen LogP contribution in [-0.2, 0) is 6.54 Å². The molecule has 0 saturated heterocycles. The molecule has 1 aliphatic rings. The number of nitrogens with zero attached hydrogens (tertiary/aromatic N) is 3. The number of allylic oxidation sites excluding steroid dienone is 1. The van der Waals surface area contributed by atoms with E-state index in [1.54, 1.807) is 12.1 Å². The maximum Gasteiger partial charge on any atom is 0.277 e. The number of thioether (sulfide) groups is 1. The molecular formula is C20H19N3O4S. The summed E-state index contributed by atoms with van der Waals surface area (Å²) in [6, 6.07) is 7.34. The zero-order valence-electron chi connectivity index (χ0n) is 15.6. The number of fused-ring (bicyclic) bond motifs is 1. The SMILES string of the molecule is C=CCn1c(C)cc(C(=O)CSc2nnc(-c3ccc4c(c3)OCO4)o2)c1C. The van der Waals surface area contributed by atoms with Crippen molar-refractivity contribution in [3.8, 4) is 23.0 Å². The lowest BCUT2D eigenvalue weighted by atomic mass is 10.2. The fraction of sp³-hybridized carbons (Fsp3) is 0.250. The third-order valence-electron chi connectivity index (χ3n) is 4.54. The highest BCUT2D eigenvalue weighted by Crippen LogP contribution is 2.36. The van der Waals surface area contributed by atoms with Gasteiger partial charge in [-0.25, -0.2) is 0 Å². The quantitative estimate of drug-likeness (QED) is 0.338. The lowest BCUT2D eigenvalue weighted by molar-refractivity contribution is 0.102. The molecule has 0 unspecified atom stereocenters. The second-order valence-corrected chi connectivity index (χ2v) is 7.26. The van der Waals surface area contributed by atoms with Gasteiger partial charge in [-0.15, -0.1) is 16.8 Å². The summed E-state index contributed by atoms with van der Waals surface area (Å²) in [5.74, 6) is 1.96. The lowest BCUT2D eigenvalue weighted by Gasteiger charge is -2.05. The van der Waals surface area contributed by atoms with Crippen LogP contribution in [0.3, 0.4) is 0 Å². The molecule has 0 aliphatic carbocycles. The monoisotopic (exact) mass is 397 g/mol. The topological polar surface area (TPSA) is 79.4 Å². The summed E-state index contributed by atoms with van der Waals surface area (Å²) < 4.78 is 18.4. The van der Waals surface area contributed by atoms with E-state index in [-0.39, 0.29) is 18.3 Å². The number of ether oxygens (including phenoxy) is 2. The van der Waals surface area contributed by atoms with Crippen LogP contribution >= 0.6 is 11.8 Å². The van der Waals surface area contributed by atoms with Crippen LogP contribution < -0.4 is 9.47 Å². The summed E-state index contributed by atoms with van der Waals surface area (Å²) in [7, 11) is 0. The fourth-order valence-corrected chi connectivity index (χ4v) is 3.76. The number of aryl methyl sites for hydroxylation is 1. The predicted octanol–water partition coefficient (Wildman–Crippen LogP) is 4.04. The van der Waals surface area contributed by atoms with Crippen LogP contribution in [-0.4, -0.2) is 33.1 Å². The molecule has 4 rings (SSSR count). The van der Waals surface area contributed by atoms with Gasteiger partial charge >= 0.3 is 0 Å². The van der Waals surface area contributed by atoms with E-state index in [0.717, 1.165) is 17.0 Å². The van der Waals surface area contributed by atoms with Gasteiger partial charge in [0.25, 0.3) is 5.22 Å². The van der Waals surface area contributed by atoms with E-state index in [4.69, 9.17) is 13.9 Å². The molecule has 7 nitrogen and oxygen atoms in total. The molecule has 0 saturated carbocycles.